The minimum Gasteiger partial charge on any atom is -0.328 e. The van der Waals surface area contributed by atoms with Crippen molar-refractivity contribution in [3.05, 3.63) is 29.8 Å². The monoisotopic (exact) mass is 254 g/mol. The molecule has 1 fully saturated rings. The third-order valence-electron chi connectivity index (χ3n) is 3.12. The number of sulfone groups is 1. The topological polar surface area (TPSA) is 72.2 Å². The standard InChI is InChI=1S/C12H18N2O2S/c1-17(15,16)12-4-2-9(3-5-12)8-14-11-6-10(13)7-11/h2-5,10-11,14H,6-8,13H2,1H3. The van der Waals surface area contributed by atoms with Crippen LogP contribution in [0.4, 0.5) is 0 Å². The zero-order valence-electron chi connectivity index (χ0n) is 9.89. The molecule has 0 bridgehead atoms. The lowest BCUT2D eigenvalue weighted by Crippen LogP contribution is -2.48. The van der Waals surface area contributed by atoms with Gasteiger partial charge in [-0.15, -0.1) is 0 Å². The van der Waals surface area contributed by atoms with Crippen molar-refractivity contribution in [1.82, 2.24) is 5.32 Å². The summed E-state index contributed by atoms with van der Waals surface area (Å²) >= 11 is 0. The van der Waals surface area contributed by atoms with E-state index in [4.69, 9.17) is 5.73 Å². The van der Waals surface area contributed by atoms with E-state index < -0.39 is 9.84 Å². The molecular formula is C12H18N2O2S. The van der Waals surface area contributed by atoms with Gasteiger partial charge in [0.05, 0.1) is 4.90 Å². The fourth-order valence-corrected chi connectivity index (χ4v) is 2.58. The SMILES string of the molecule is CS(=O)(=O)c1ccc(CNC2CC(N)C2)cc1. The average Bonchev–Trinajstić information content (AvgIpc) is 2.22. The molecule has 1 aromatic rings. The van der Waals surface area contributed by atoms with Crippen LogP contribution >= 0.6 is 0 Å². The van der Waals surface area contributed by atoms with Gasteiger partial charge >= 0.3 is 0 Å². The van der Waals surface area contributed by atoms with Gasteiger partial charge in [0, 0.05) is 24.9 Å². The van der Waals surface area contributed by atoms with Gasteiger partial charge < -0.3 is 11.1 Å². The molecule has 0 amide bonds. The number of benzene rings is 1. The number of nitrogens with one attached hydrogen (secondary N) is 1. The van der Waals surface area contributed by atoms with E-state index >= 15 is 0 Å². The Morgan fingerprint density at radius 2 is 1.88 bits per heavy atom. The van der Waals surface area contributed by atoms with Crippen LogP contribution in [-0.4, -0.2) is 26.8 Å². The molecule has 0 atom stereocenters. The van der Waals surface area contributed by atoms with Gasteiger partial charge in [0.1, 0.15) is 0 Å². The van der Waals surface area contributed by atoms with Crippen molar-refractivity contribution in [3.63, 3.8) is 0 Å². The molecule has 3 N–H and O–H groups in total. The summed E-state index contributed by atoms with van der Waals surface area (Å²) in [5, 5.41) is 3.39. The van der Waals surface area contributed by atoms with Crippen LogP contribution in [0.1, 0.15) is 18.4 Å². The second kappa shape index (κ2) is 4.76. The van der Waals surface area contributed by atoms with Gasteiger partial charge in [-0.1, -0.05) is 12.1 Å². The van der Waals surface area contributed by atoms with Crippen LogP contribution in [0, 0.1) is 0 Å². The van der Waals surface area contributed by atoms with Crippen LogP contribution in [0.15, 0.2) is 29.2 Å². The molecule has 1 aliphatic carbocycles. The molecule has 0 saturated heterocycles. The quantitative estimate of drug-likeness (QED) is 0.828. The summed E-state index contributed by atoms with van der Waals surface area (Å²) in [6.07, 6.45) is 3.28. The molecule has 0 unspecified atom stereocenters. The molecular weight excluding hydrogens is 236 g/mol. The van der Waals surface area contributed by atoms with Crippen LogP contribution in [0.25, 0.3) is 0 Å². The van der Waals surface area contributed by atoms with Crippen LogP contribution in [0.2, 0.25) is 0 Å². The largest absolute Gasteiger partial charge is 0.328 e. The molecule has 0 radical (unpaired) electrons. The molecule has 94 valence electrons. The lowest BCUT2D eigenvalue weighted by atomic mass is 9.87. The van der Waals surface area contributed by atoms with Crippen molar-refractivity contribution in [1.29, 1.82) is 0 Å². The fraction of sp³-hybridized carbons (Fsp3) is 0.500. The third kappa shape index (κ3) is 3.28. The number of hydrogen-bond donors (Lipinski definition) is 2. The predicted molar refractivity (Wildman–Crippen MR) is 67.4 cm³/mol. The van der Waals surface area contributed by atoms with Crippen LogP contribution in [0.3, 0.4) is 0 Å². The molecule has 17 heavy (non-hydrogen) atoms. The maximum Gasteiger partial charge on any atom is 0.175 e. The van der Waals surface area contributed by atoms with Gasteiger partial charge in [0.15, 0.2) is 9.84 Å². The highest BCUT2D eigenvalue weighted by atomic mass is 32.2. The first-order valence-electron chi connectivity index (χ1n) is 5.73. The molecule has 0 heterocycles. The van der Waals surface area contributed by atoms with Gasteiger partial charge in [0.2, 0.25) is 0 Å². The first kappa shape index (κ1) is 12.5. The van der Waals surface area contributed by atoms with Crippen molar-refractivity contribution in [2.45, 2.75) is 36.4 Å². The van der Waals surface area contributed by atoms with Crippen molar-refractivity contribution in [2.24, 2.45) is 5.73 Å². The van der Waals surface area contributed by atoms with E-state index in [1.807, 2.05) is 12.1 Å². The molecule has 5 heteroatoms. The Labute approximate surface area is 102 Å². The van der Waals surface area contributed by atoms with E-state index in [-0.39, 0.29) is 0 Å². The van der Waals surface area contributed by atoms with Gasteiger partial charge in [-0.25, -0.2) is 8.42 Å². The Bertz CT molecular complexity index is 476. The highest BCUT2D eigenvalue weighted by Gasteiger charge is 2.24. The first-order valence-corrected chi connectivity index (χ1v) is 7.62. The molecule has 1 saturated carbocycles. The Hall–Kier alpha value is -0.910. The fourth-order valence-electron chi connectivity index (χ4n) is 1.95. The van der Waals surface area contributed by atoms with E-state index in [9.17, 15) is 8.42 Å². The van der Waals surface area contributed by atoms with Crippen LogP contribution in [-0.2, 0) is 16.4 Å². The summed E-state index contributed by atoms with van der Waals surface area (Å²) in [6.45, 7) is 0.765. The molecule has 0 aliphatic heterocycles. The number of nitrogens with two attached hydrogens (primary N) is 1. The van der Waals surface area contributed by atoms with E-state index in [1.165, 1.54) is 6.26 Å². The lowest BCUT2D eigenvalue weighted by molar-refractivity contribution is 0.291. The maximum absolute atomic E-state index is 11.3. The van der Waals surface area contributed by atoms with Gasteiger partial charge in [-0.2, -0.15) is 0 Å². The summed E-state index contributed by atoms with van der Waals surface area (Å²) in [5.41, 5.74) is 6.79. The Morgan fingerprint density at radius 3 is 2.35 bits per heavy atom. The second-order valence-corrected chi connectivity index (χ2v) is 6.74. The zero-order valence-corrected chi connectivity index (χ0v) is 10.7. The van der Waals surface area contributed by atoms with Crippen LogP contribution < -0.4 is 11.1 Å². The van der Waals surface area contributed by atoms with Crippen molar-refractivity contribution in [2.75, 3.05) is 6.26 Å². The summed E-state index contributed by atoms with van der Waals surface area (Å²) in [6, 6.07) is 7.86. The number of rotatable bonds is 4. The highest BCUT2D eigenvalue weighted by Crippen LogP contribution is 2.18. The molecule has 1 aromatic carbocycles. The third-order valence-corrected chi connectivity index (χ3v) is 4.25. The molecule has 0 aromatic heterocycles. The van der Waals surface area contributed by atoms with E-state index in [2.05, 4.69) is 5.32 Å². The molecule has 2 rings (SSSR count). The van der Waals surface area contributed by atoms with Crippen molar-refractivity contribution in [3.8, 4) is 0 Å². The van der Waals surface area contributed by atoms with Crippen LogP contribution in [0.5, 0.6) is 0 Å². The van der Waals surface area contributed by atoms with Gasteiger partial charge in [0.25, 0.3) is 0 Å². The molecule has 0 spiro atoms. The Morgan fingerprint density at radius 1 is 1.29 bits per heavy atom. The van der Waals surface area contributed by atoms with E-state index in [0.29, 0.717) is 17.0 Å². The first-order chi connectivity index (χ1) is 7.95. The number of hydrogen-bond acceptors (Lipinski definition) is 4. The van der Waals surface area contributed by atoms with Gasteiger partial charge in [-0.05, 0) is 30.5 Å². The van der Waals surface area contributed by atoms with E-state index in [0.717, 1.165) is 24.9 Å². The van der Waals surface area contributed by atoms with Crippen molar-refractivity contribution < 1.29 is 8.42 Å². The summed E-state index contributed by atoms with van der Waals surface area (Å²) in [7, 11) is -3.09. The highest BCUT2D eigenvalue weighted by molar-refractivity contribution is 7.90. The normalized spacial score (nSPS) is 24.4. The summed E-state index contributed by atoms with van der Waals surface area (Å²) < 4.78 is 22.5. The Balaban J connectivity index is 1.90. The van der Waals surface area contributed by atoms with Crippen molar-refractivity contribution >= 4 is 9.84 Å². The average molecular weight is 254 g/mol. The minimum atomic E-state index is -3.09. The zero-order chi connectivity index (χ0) is 12.5. The summed E-state index contributed by atoms with van der Waals surface area (Å²) in [5.74, 6) is 0. The predicted octanol–water partition coefficient (Wildman–Crippen LogP) is 0.669. The Kier molecular flexibility index (Phi) is 3.51. The molecule has 1 aliphatic rings. The van der Waals surface area contributed by atoms with E-state index in [1.54, 1.807) is 12.1 Å². The maximum atomic E-state index is 11.3. The van der Waals surface area contributed by atoms with Gasteiger partial charge in [-0.3, -0.25) is 0 Å². The lowest BCUT2D eigenvalue weighted by Gasteiger charge is -2.33. The second-order valence-electron chi connectivity index (χ2n) is 4.73. The smallest absolute Gasteiger partial charge is 0.175 e. The summed E-state index contributed by atoms with van der Waals surface area (Å²) in [4.78, 5) is 0.368. The minimum absolute atomic E-state index is 0.347. The molecule has 4 nitrogen and oxygen atoms in total.